The van der Waals surface area contributed by atoms with Crippen molar-refractivity contribution in [2.45, 2.75) is 18.8 Å². The van der Waals surface area contributed by atoms with Gasteiger partial charge in [0, 0.05) is 16.7 Å². The van der Waals surface area contributed by atoms with Crippen LogP contribution in [0.15, 0.2) is 52.9 Å². The Bertz CT molecular complexity index is 1170. The normalized spacial score (nSPS) is 13.4. The van der Waals surface area contributed by atoms with E-state index >= 15 is 0 Å². The molecule has 1 fully saturated rings. The van der Waals surface area contributed by atoms with Crippen molar-refractivity contribution in [3.63, 3.8) is 0 Å². The van der Waals surface area contributed by atoms with E-state index in [1.807, 2.05) is 48.5 Å². The molecular formula is C22H21N5O3. The van der Waals surface area contributed by atoms with E-state index in [1.54, 1.807) is 7.11 Å². The number of aromatic nitrogens is 4. The van der Waals surface area contributed by atoms with E-state index in [-0.39, 0.29) is 0 Å². The van der Waals surface area contributed by atoms with Crippen molar-refractivity contribution in [3.05, 3.63) is 54.4 Å². The second-order valence-corrected chi connectivity index (χ2v) is 7.09. The highest BCUT2D eigenvalue weighted by Gasteiger charge is 2.30. The minimum absolute atomic E-state index is 0.398. The summed E-state index contributed by atoms with van der Waals surface area (Å²) in [4.78, 5) is 0. The largest absolute Gasteiger partial charge is 0.493 e. The molecule has 4 aromatic rings. The molecule has 5 rings (SSSR count). The zero-order chi connectivity index (χ0) is 20.3. The number of anilines is 1. The Hall–Kier alpha value is -3.68. The summed E-state index contributed by atoms with van der Waals surface area (Å²) in [6.45, 7) is 1.01. The molecule has 152 valence electrons. The minimum Gasteiger partial charge on any atom is -0.493 e. The van der Waals surface area contributed by atoms with Gasteiger partial charge in [-0.2, -0.15) is 0 Å². The lowest BCUT2D eigenvalue weighted by Gasteiger charge is -2.12. The Kier molecular flexibility index (Phi) is 4.88. The van der Waals surface area contributed by atoms with Gasteiger partial charge < -0.3 is 19.2 Å². The number of rotatable bonds is 8. The van der Waals surface area contributed by atoms with Crippen LogP contribution in [0.2, 0.25) is 0 Å². The maximum absolute atomic E-state index is 5.83. The number of nitrogens with zero attached hydrogens (tertiary/aromatic N) is 4. The van der Waals surface area contributed by atoms with E-state index in [9.17, 15) is 0 Å². The predicted octanol–water partition coefficient (Wildman–Crippen LogP) is 4.06. The minimum atomic E-state index is 0.398. The molecule has 1 aliphatic carbocycles. The highest BCUT2D eigenvalue weighted by molar-refractivity contribution is 5.98. The molecular weight excluding hydrogens is 382 g/mol. The smallest absolute Gasteiger partial charge is 0.268 e. The summed E-state index contributed by atoms with van der Waals surface area (Å²) in [5, 5.41) is 22.2. The van der Waals surface area contributed by atoms with Gasteiger partial charge in [-0.05, 0) is 25.0 Å². The first-order valence-electron chi connectivity index (χ1n) is 9.92. The van der Waals surface area contributed by atoms with Gasteiger partial charge in [0.1, 0.15) is 6.61 Å². The summed E-state index contributed by atoms with van der Waals surface area (Å²) in [6, 6.07) is 15.5. The highest BCUT2D eigenvalue weighted by Crippen LogP contribution is 2.40. The summed E-state index contributed by atoms with van der Waals surface area (Å²) in [7, 11) is 1.63. The van der Waals surface area contributed by atoms with Gasteiger partial charge in [-0.25, -0.2) is 0 Å². The Morgan fingerprint density at radius 2 is 1.70 bits per heavy atom. The van der Waals surface area contributed by atoms with Crippen LogP contribution in [-0.4, -0.2) is 40.7 Å². The Morgan fingerprint density at radius 1 is 0.933 bits per heavy atom. The van der Waals surface area contributed by atoms with Crippen LogP contribution in [0.25, 0.3) is 22.4 Å². The fourth-order valence-electron chi connectivity index (χ4n) is 3.29. The van der Waals surface area contributed by atoms with Crippen LogP contribution in [0.4, 0.5) is 5.82 Å². The van der Waals surface area contributed by atoms with E-state index < -0.39 is 0 Å². The van der Waals surface area contributed by atoms with Crippen molar-refractivity contribution in [1.82, 2.24) is 20.4 Å². The molecule has 0 spiro atoms. The first kappa shape index (κ1) is 18.4. The van der Waals surface area contributed by atoms with Gasteiger partial charge in [0.2, 0.25) is 5.89 Å². The molecule has 0 amide bonds. The molecule has 0 bridgehead atoms. The number of hydrogen-bond acceptors (Lipinski definition) is 8. The van der Waals surface area contributed by atoms with Crippen LogP contribution in [0, 0.1) is 0 Å². The summed E-state index contributed by atoms with van der Waals surface area (Å²) < 4.78 is 17.0. The van der Waals surface area contributed by atoms with Gasteiger partial charge in [0.15, 0.2) is 23.0 Å². The van der Waals surface area contributed by atoms with Crippen molar-refractivity contribution in [2.75, 3.05) is 25.6 Å². The number of hydrogen-bond donors (Lipinski definition) is 1. The average molecular weight is 403 g/mol. The van der Waals surface area contributed by atoms with E-state index in [1.165, 1.54) is 0 Å². The first-order valence-corrected chi connectivity index (χ1v) is 9.92. The molecule has 2 aromatic heterocycles. The van der Waals surface area contributed by atoms with Gasteiger partial charge >= 0.3 is 0 Å². The number of nitrogens with one attached hydrogen (secondary N) is 1. The van der Waals surface area contributed by atoms with Gasteiger partial charge in [-0.15, -0.1) is 20.4 Å². The molecule has 2 heterocycles. The maximum atomic E-state index is 5.83. The van der Waals surface area contributed by atoms with E-state index in [2.05, 4.69) is 25.7 Å². The number of para-hydroxylation sites is 2. The summed E-state index contributed by atoms with van der Waals surface area (Å²) in [5.41, 5.74) is 0.598. The summed E-state index contributed by atoms with van der Waals surface area (Å²) in [5.74, 6) is 3.58. The van der Waals surface area contributed by atoms with Crippen molar-refractivity contribution in [3.8, 4) is 23.1 Å². The molecule has 2 aromatic carbocycles. The number of benzene rings is 2. The van der Waals surface area contributed by atoms with Gasteiger partial charge in [0.25, 0.3) is 5.89 Å². The molecule has 1 N–H and O–H groups in total. The Morgan fingerprint density at radius 3 is 2.50 bits per heavy atom. The van der Waals surface area contributed by atoms with Crippen molar-refractivity contribution in [2.24, 2.45) is 0 Å². The van der Waals surface area contributed by atoms with Gasteiger partial charge in [-0.3, -0.25) is 0 Å². The third-order valence-electron chi connectivity index (χ3n) is 4.98. The first-order chi connectivity index (χ1) is 14.8. The van der Waals surface area contributed by atoms with Crippen molar-refractivity contribution < 1.29 is 13.9 Å². The molecule has 0 saturated heterocycles. The predicted molar refractivity (Wildman–Crippen MR) is 112 cm³/mol. The summed E-state index contributed by atoms with van der Waals surface area (Å²) >= 11 is 0. The van der Waals surface area contributed by atoms with Gasteiger partial charge in [0.05, 0.1) is 13.7 Å². The number of ether oxygens (including phenoxy) is 2. The average Bonchev–Trinajstić information content (AvgIpc) is 3.54. The quantitative estimate of drug-likeness (QED) is 0.440. The van der Waals surface area contributed by atoms with Crippen molar-refractivity contribution in [1.29, 1.82) is 0 Å². The zero-order valence-corrected chi connectivity index (χ0v) is 16.5. The van der Waals surface area contributed by atoms with Crippen LogP contribution in [-0.2, 0) is 0 Å². The molecule has 8 heteroatoms. The fourth-order valence-corrected chi connectivity index (χ4v) is 3.29. The van der Waals surface area contributed by atoms with Crippen LogP contribution in [0.1, 0.15) is 24.7 Å². The molecule has 0 aliphatic heterocycles. The standard InChI is InChI=1S/C22H21N5O3/c1-28-17-8-4-5-9-18(17)29-13-12-23-20-16-7-3-2-6-15(16)19(24-25-20)22-27-26-21(30-22)14-10-11-14/h2-9,14H,10-13H2,1H3,(H,23,25). The zero-order valence-electron chi connectivity index (χ0n) is 16.5. The molecule has 0 radical (unpaired) electrons. The van der Waals surface area contributed by atoms with Crippen LogP contribution in [0.5, 0.6) is 11.5 Å². The lowest BCUT2D eigenvalue weighted by atomic mass is 10.1. The lowest BCUT2D eigenvalue weighted by Crippen LogP contribution is -2.13. The lowest BCUT2D eigenvalue weighted by molar-refractivity contribution is 0.306. The molecule has 1 aliphatic rings. The third kappa shape index (κ3) is 3.63. The topological polar surface area (TPSA) is 95.2 Å². The number of methoxy groups -OCH3 is 1. The molecule has 8 nitrogen and oxygen atoms in total. The fraction of sp³-hybridized carbons (Fsp3) is 0.273. The van der Waals surface area contributed by atoms with Crippen LogP contribution < -0.4 is 14.8 Å². The third-order valence-corrected chi connectivity index (χ3v) is 4.98. The van der Waals surface area contributed by atoms with E-state index in [4.69, 9.17) is 13.9 Å². The molecule has 30 heavy (non-hydrogen) atoms. The van der Waals surface area contributed by atoms with Crippen molar-refractivity contribution >= 4 is 16.6 Å². The van der Waals surface area contributed by atoms with E-state index in [0.717, 1.165) is 23.6 Å². The second kappa shape index (κ2) is 7.98. The van der Waals surface area contributed by atoms with Gasteiger partial charge in [-0.1, -0.05) is 36.4 Å². The summed E-state index contributed by atoms with van der Waals surface area (Å²) in [6.07, 6.45) is 2.21. The molecule has 1 saturated carbocycles. The second-order valence-electron chi connectivity index (χ2n) is 7.09. The Balaban J connectivity index is 1.32. The highest BCUT2D eigenvalue weighted by atomic mass is 16.5. The molecule has 0 unspecified atom stereocenters. The van der Waals surface area contributed by atoms with E-state index in [0.29, 0.717) is 53.9 Å². The molecule has 0 atom stereocenters. The maximum Gasteiger partial charge on any atom is 0.268 e. The SMILES string of the molecule is COc1ccccc1OCCNc1nnc(-c2nnc(C3CC3)o2)c2ccccc12. The monoisotopic (exact) mass is 403 g/mol. The van der Waals surface area contributed by atoms with Crippen LogP contribution >= 0.6 is 0 Å². The number of fused-ring (bicyclic) bond motifs is 1. The van der Waals surface area contributed by atoms with Crippen LogP contribution in [0.3, 0.4) is 0 Å². The Labute approximate surface area is 173 Å².